The molecule has 18 heavy (non-hydrogen) atoms. The normalized spacial score (nSPS) is 20.2. The van der Waals surface area contributed by atoms with E-state index in [0.717, 1.165) is 6.54 Å². The molecule has 0 amide bonds. The lowest BCUT2D eigenvalue weighted by Gasteiger charge is -2.21. The highest BCUT2D eigenvalue weighted by Crippen LogP contribution is 2.29. The third-order valence-corrected chi connectivity index (χ3v) is 3.56. The first-order chi connectivity index (χ1) is 8.74. The lowest BCUT2D eigenvalue weighted by molar-refractivity contribution is 0.0953. The van der Waals surface area contributed by atoms with Crippen LogP contribution in [0.2, 0.25) is 0 Å². The van der Waals surface area contributed by atoms with Crippen molar-refractivity contribution >= 4 is 0 Å². The summed E-state index contributed by atoms with van der Waals surface area (Å²) in [4.78, 5) is 0. The van der Waals surface area contributed by atoms with Crippen molar-refractivity contribution in [3.8, 4) is 6.07 Å². The molecular weight excluding hydrogens is 226 g/mol. The minimum Gasteiger partial charge on any atom is -0.362 e. The van der Waals surface area contributed by atoms with Crippen LogP contribution < -0.4 is 5.32 Å². The molecule has 1 aromatic rings. The van der Waals surface area contributed by atoms with E-state index in [1.54, 1.807) is 6.92 Å². The summed E-state index contributed by atoms with van der Waals surface area (Å²) in [5.41, 5.74) is 2.88. The maximum absolute atomic E-state index is 8.64. The zero-order chi connectivity index (χ0) is 13.0. The molecule has 2 atom stereocenters. The second-order valence-corrected chi connectivity index (χ2v) is 4.85. The maximum Gasteiger partial charge on any atom is 0.141 e. The van der Waals surface area contributed by atoms with Gasteiger partial charge in [0.2, 0.25) is 0 Å². The molecule has 0 saturated carbocycles. The fourth-order valence-electron chi connectivity index (χ4n) is 2.55. The first-order valence-corrected chi connectivity index (χ1v) is 6.61. The van der Waals surface area contributed by atoms with Gasteiger partial charge in [0.15, 0.2) is 0 Å². The summed E-state index contributed by atoms with van der Waals surface area (Å²) in [6.07, 6.45) is 7.77. The average molecular weight is 247 g/mol. The standard InChI is InChI=1S/C14H21N3O/c1-11(8-15)18-7-6-17-9-12-4-3-5-14(16-2)13(12)10-17/h9-11,14,16H,3-7H2,1-2H3. The van der Waals surface area contributed by atoms with Crippen LogP contribution in [0.3, 0.4) is 0 Å². The third kappa shape index (κ3) is 2.92. The van der Waals surface area contributed by atoms with Gasteiger partial charge in [-0.2, -0.15) is 5.26 Å². The van der Waals surface area contributed by atoms with Crippen LogP contribution in [-0.4, -0.2) is 24.3 Å². The molecule has 4 nitrogen and oxygen atoms in total. The Bertz CT molecular complexity index is 433. The largest absolute Gasteiger partial charge is 0.362 e. The minimum absolute atomic E-state index is 0.319. The van der Waals surface area contributed by atoms with Gasteiger partial charge >= 0.3 is 0 Å². The molecule has 1 aliphatic carbocycles. The summed E-state index contributed by atoms with van der Waals surface area (Å²) in [5.74, 6) is 0. The van der Waals surface area contributed by atoms with Crippen molar-refractivity contribution in [2.24, 2.45) is 0 Å². The van der Waals surface area contributed by atoms with Gasteiger partial charge < -0.3 is 14.6 Å². The van der Waals surface area contributed by atoms with Crippen molar-refractivity contribution in [2.45, 2.75) is 44.9 Å². The Balaban J connectivity index is 1.95. The molecule has 4 heteroatoms. The Morgan fingerprint density at radius 1 is 1.61 bits per heavy atom. The number of aryl methyl sites for hydroxylation is 1. The molecule has 0 aliphatic heterocycles. The third-order valence-electron chi connectivity index (χ3n) is 3.56. The van der Waals surface area contributed by atoms with Crippen LogP contribution in [0, 0.1) is 11.3 Å². The smallest absolute Gasteiger partial charge is 0.141 e. The predicted molar refractivity (Wildman–Crippen MR) is 70.2 cm³/mol. The predicted octanol–water partition coefficient (Wildman–Crippen LogP) is 2.01. The zero-order valence-corrected chi connectivity index (χ0v) is 11.1. The van der Waals surface area contributed by atoms with Gasteiger partial charge in [-0.1, -0.05) is 0 Å². The lowest BCUT2D eigenvalue weighted by atomic mass is 9.91. The van der Waals surface area contributed by atoms with Gasteiger partial charge in [0, 0.05) is 25.0 Å². The van der Waals surface area contributed by atoms with Crippen LogP contribution in [0.25, 0.3) is 0 Å². The molecule has 1 aliphatic rings. The molecular formula is C14H21N3O. The molecule has 2 rings (SSSR count). The molecule has 98 valence electrons. The fraction of sp³-hybridized carbons (Fsp3) is 0.643. The Morgan fingerprint density at radius 2 is 2.44 bits per heavy atom. The van der Waals surface area contributed by atoms with E-state index in [1.807, 2.05) is 7.05 Å². The van der Waals surface area contributed by atoms with E-state index in [0.29, 0.717) is 12.6 Å². The van der Waals surface area contributed by atoms with Crippen LogP contribution in [-0.2, 0) is 17.7 Å². The van der Waals surface area contributed by atoms with Crippen LogP contribution >= 0.6 is 0 Å². The van der Waals surface area contributed by atoms with Crippen molar-refractivity contribution in [1.29, 1.82) is 5.26 Å². The number of ether oxygens (including phenoxy) is 1. The monoisotopic (exact) mass is 247 g/mol. The van der Waals surface area contributed by atoms with E-state index in [1.165, 1.54) is 30.4 Å². The highest BCUT2D eigenvalue weighted by atomic mass is 16.5. The van der Waals surface area contributed by atoms with Gasteiger partial charge in [-0.15, -0.1) is 0 Å². The Hall–Kier alpha value is -1.31. The summed E-state index contributed by atoms with van der Waals surface area (Å²) in [6, 6.07) is 2.57. The van der Waals surface area contributed by atoms with E-state index in [2.05, 4.69) is 28.3 Å². The molecule has 0 bridgehead atoms. The number of nitrogens with one attached hydrogen (secondary N) is 1. The Kier molecular flexibility index (Phi) is 4.40. The van der Waals surface area contributed by atoms with Gasteiger partial charge in [0.1, 0.15) is 6.10 Å². The van der Waals surface area contributed by atoms with Crippen LogP contribution in [0.4, 0.5) is 0 Å². The maximum atomic E-state index is 8.64. The minimum atomic E-state index is -0.319. The van der Waals surface area contributed by atoms with Gasteiger partial charge in [0.25, 0.3) is 0 Å². The van der Waals surface area contributed by atoms with Gasteiger partial charge in [-0.05, 0) is 44.4 Å². The number of rotatable bonds is 5. The Morgan fingerprint density at radius 3 is 3.17 bits per heavy atom. The van der Waals surface area contributed by atoms with Crippen LogP contribution in [0.5, 0.6) is 0 Å². The van der Waals surface area contributed by atoms with Crippen molar-refractivity contribution in [1.82, 2.24) is 9.88 Å². The average Bonchev–Trinajstić information content (AvgIpc) is 2.80. The van der Waals surface area contributed by atoms with Gasteiger partial charge in [0.05, 0.1) is 12.7 Å². The van der Waals surface area contributed by atoms with E-state index in [4.69, 9.17) is 10.00 Å². The first-order valence-electron chi connectivity index (χ1n) is 6.61. The number of nitrogens with zero attached hydrogens (tertiary/aromatic N) is 2. The van der Waals surface area contributed by atoms with E-state index < -0.39 is 0 Å². The van der Waals surface area contributed by atoms with Gasteiger partial charge in [-0.25, -0.2) is 0 Å². The number of hydrogen-bond acceptors (Lipinski definition) is 3. The van der Waals surface area contributed by atoms with E-state index in [-0.39, 0.29) is 6.10 Å². The number of nitriles is 1. The Labute approximate surface area is 109 Å². The molecule has 0 radical (unpaired) electrons. The zero-order valence-electron chi connectivity index (χ0n) is 11.1. The summed E-state index contributed by atoms with van der Waals surface area (Å²) in [6.45, 7) is 3.18. The number of fused-ring (bicyclic) bond motifs is 1. The summed E-state index contributed by atoms with van der Waals surface area (Å²) in [7, 11) is 2.02. The molecule has 1 N–H and O–H groups in total. The van der Waals surface area contributed by atoms with E-state index >= 15 is 0 Å². The molecule has 2 unspecified atom stereocenters. The molecule has 0 aromatic carbocycles. The second kappa shape index (κ2) is 6.03. The van der Waals surface area contributed by atoms with Gasteiger partial charge in [-0.3, -0.25) is 0 Å². The SMILES string of the molecule is CNC1CCCc2cn(CCOC(C)C#N)cc21. The van der Waals surface area contributed by atoms with Crippen molar-refractivity contribution in [3.05, 3.63) is 23.5 Å². The lowest BCUT2D eigenvalue weighted by Crippen LogP contribution is -2.20. The van der Waals surface area contributed by atoms with E-state index in [9.17, 15) is 0 Å². The van der Waals surface area contributed by atoms with Crippen molar-refractivity contribution in [2.75, 3.05) is 13.7 Å². The number of aromatic nitrogens is 1. The molecule has 0 saturated heterocycles. The van der Waals surface area contributed by atoms with Crippen LogP contribution in [0.15, 0.2) is 12.4 Å². The molecule has 1 heterocycles. The molecule has 0 spiro atoms. The van der Waals surface area contributed by atoms with Crippen LogP contribution in [0.1, 0.15) is 36.9 Å². The second-order valence-electron chi connectivity index (χ2n) is 4.85. The molecule has 1 aromatic heterocycles. The van der Waals surface area contributed by atoms with Crippen molar-refractivity contribution < 1.29 is 4.74 Å². The fourth-order valence-corrected chi connectivity index (χ4v) is 2.55. The summed E-state index contributed by atoms with van der Waals surface area (Å²) in [5, 5.41) is 12.0. The summed E-state index contributed by atoms with van der Waals surface area (Å²) < 4.78 is 7.57. The summed E-state index contributed by atoms with van der Waals surface area (Å²) >= 11 is 0. The molecule has 0 fully saturated rings. The quantitative estimate of drug-likeness (QED) is 0.866. The first kappa shape index (κ1) is 13.1. The highest BCUT2D eigenvalue weighted by molar-refractivity contribution is 5.30. The number of hydrogen-bond donors (Lipinski definition) is 1. The topological polar surface area (TPSA) is 50.0 Å². The highest BCUT2D eigenvalue weighted by Gasteiger charge is 2.20. The van der Waals surface area contributed by atoms with Crippen molar-refractivity contribution in [3.63, 3.8) is 0 Å².